The Labute approximate surface area is 96.4 Å². The lowest BCUT2D eigenvalue weighted by Gasteiger charge is -2.00. The topological polar surface area (TPSA) is 51.0 Å². The third-order valence-corrected chi connectivity index (χ3v) is 2.54. The lowest BCUT2D eigenvalue weighted by molar-refractivity contribution is 1.08. The molecule has 0 unspecified atom stereocenters. The van der Waals surface area contributed by atoms with Gasteiger partial charge in [0.25, 0.3) is 0 Å². The summed E-state index contributed by atoms with van der Waals surface area (Å²) in [6.45, 7) is 0.641. The molecule has 0 fully saturated rings. The second-order valence-electron chi connectivity index (χ2n) is 3.36. The van der Waals surface area contributed by atoms with Crippen LogP contribution in [0.5, 0.6) is 0 Å². The first-order chi connectivity index (χ1) is 7.84. The molecule has 0 saturated heterocycles. The maximum atomic E-state index is 5.88. The van der Waals surface area contributed by atoms with Gasteiger partial charge in [-0.3, -0.25) is 9.98 Å². The first-order valence-electron chi connectivity index (χ1n) is 4.83. The zero-order valence-corrected chi connectivity index (χ0v) is 9.02. The van der Waals surface area contributed by atoms with Gasteiger partial charge < -0.3 is 0 Å². The molecule has 0 saturated carbocycles. The van der Waals surface area contributed by atoms with Crippen LogP contribution >= 0.6 is 11.6 Å². The lowest BCUT2D eigenvalue weighted by atomic mass is 10.2. The number of aromatic nitrogens is 3. The van der Waals surface area contributed by atoms with E-state index in [-0.39, 0.29) is 5.28 Å². The summed E-state index contributed by atoms with van der Waals surface area (Å²) in [7, 11) is 0. The monoisotopic (exact) mass is 230 g/mol. The predicted octanol–water partition coefficient (Wildman–Crippen LogP) is 0.606. The van der Waals surface area contributed by atoms with E-state index >= 15 is 0 Å². The smallest absolute Gasteiger partial charge is 0.223 e. The molecule has 1 aliphatic rings. The van der Waals surface area contributed by atoms with Crippen molar-refractivity contribution < 1.29 is 0 Å². The van der Waals surface area contributed by atoms with Crippen LogP contribution in [-0.2, 0) is 0 Å². The van der Waals surface area contributed by atoms with E-state index in [0.29, 0.717) is 6.54 Å². The van der Waals surface area contributed by atoms with Gasteiger partial charge in [-0.15, -0.1) is 0 Å². The minimum Gasteiger partial charge on any atom is -0.277 e. The SMILES string of the molecule is Clc1nc(-c2ccncc2)c2c(n1)=CCN=2. The summed E-state index contributed by atoms with van der Waals surface area (Å²) in [5, 5.41) is 1.88. The predicted molar refractivity (Wildman–Crippen MR) is 60.4 cm³/mol. The molecule has 2 aromatic heterocycles. The van der Waals surface area contributed by atoms with Crippen molar-refractivity contribution in [1.29, 1.82) is 0 Å². The Hall–Kier alpha value is -1.81. The minimum absolute atomic E-state index is 0.249. The summed E-state index contributed by atoms with van der Waals surface area (Å²) in [4.78, 5) is 16.7. The molecule has 3 heterocycles. The van der Waals surface area contributed by atoms with Gasteiger partial charge in [0.05, 0.1) is 11.9 Å². The molecule has 0 amide bonds. The van der Waals surface area contributed by atoms with E-state index in [2.05, 4.69) is 19.9 Å². The number of fused-ring (bicyclic) bond motifs is 1. The van der Waals surface area contributed by atoms with Gasteiger partial charge in [0.15, 0.2) is 0 Å². The fourth-order valence-electron chi connectivity index (χ4n) is 1.68. The first kappa shape index (κ1) is 9.42. The highest BCUT2D eigenvalue weighted by Gasteiger charge is 2.09. The van der Waals surface area contributed by atoms with E-state index in [1.807, 2.05) is 18.2 Å². The largest absolute Gasteiger partial charge is 0.277 e. The van der Waals surface area contributed by atoms with Crippen LogP contribution in [0, 0.1) is 0 Å². The number of hydrogen-bond acceptors (Lipinski definition) is 4. The standard InChI is InChI=1S/C11H7ClN4/c12-11-15-8-3-6-14-10(8)9(16-11)7-1-4-13-5-2-7/h1-5H,6H2. The average Bonchev–Trinajstić information content (AvgIpc) is 2.77. The lowest BCUT2D eigenvalue weighted by Crippen LogP contribution is -2.29. The fraction of sp³-hybridized carbons (Fsp3) is 0.0909. The van der Waals surface area contributed by atoms with E-state index in [9.17, 15) is 0 Å². The second kappa shape index (κ2) is 3.64. The molecule has 3 rings (SSSR count). The van der Waals surface area contributed by atoms with Crippen molar-refractivity contribution in [2.75, 3.05) is 6.54 Å². The average molecular weight is 231 g/mol. The highest BCUT2D eigenvalue weighted by atomic mass is 35.5. The van der Waals surface area contributed by atoms with E-state index < -0.39 is 0 Å². The second-order valence-corrected chi connectivity index (χ2v) is 3.69. The van der Waals surface area contributed by atoms with Crippen LogP contribution < -0.4 is 10.7 Å². The number of nitrogens with zero attached hydrogens (tertiary/aromatic N) is 4. The fourth-order valence-corrected chi connectivity index (χ4v) is 1.85. The molecule has 16 heavy (non-hydrogen) atoms. The van der Waals surface area contributed by atoms with E-state index in [1.165, 1.54) is 0 Å². The maximum absolute atomic E-state index is 5.88. The van der Waals surface area contributed by atoms with Crippen LogP contribution in [0.2, 0.25) is 5.28 Å². The third kappa shape index (κ3) is 1.47. The maximum Gasteiger partial charge on any atom is 0.223 e. The van der Waals surface area contributed by atoms with Gasteiger partial charge in [-0.05, 0) is 29.8 Å². The molecule has 0 aromatic carbocycles. The zero-order chi connectivity index (χ0) is 11.0. The Morgan fingerprint density at radius 1 is 1.12 bits per heavy atom. The highest BCUT2D eigenvalue weighted by molar-refractivity contribution is 6.28. The molecule has 0 aliphatic carbocycles. The zero-order valence-electron chi connectivity index (χ0n) is 8.26. The summed E-state index contributed by atoms with van der Waals surface area (Å²) in [5.41, 5.74) is 1.72. The molecular formula is C11H7ClN4. The molecule has 0 spiro atoms. The van der Waals surface area contributed by atoms with E-state index in [1.54, 1.807) is 12.4 Å². The van der Waals surface area contributed by atoms with Crippen LogP contribution in [0.4, 0.5) is 0 Å². The van der Waals surface area contributed by atoms with Crippen LogP contribution in [-0.4, -0.2) is 21.5 Å². The van der Waals surface area contributed by atoms with Crippen molar-refractivity contribution in [2.45, 2.75) is 0 Å². The molecular weight excluding hydrogens is 224 g/mol. The molecule has 78 valence electrons. The Balaban J connectivity index is 2.35. The van der Waals surface area contributed by atoms with Gasteiger partial charge in [0, 0.05) is 18.0 Å². The van der Waals surface area contributed by atoms with Gasteiger partial charge in [0.1, 0.15) is 11.1 Å². The Kier molecular flexibility index (Phi) is 2.15. The minimum atomic E-state index is 0.249. The van der Waals surface area contributed by atoms with Crippen molar-refractivity contribution in [3.8, 4) is 11.3 Å². The first-order valence-corrected chi connectivity index (χ1v) is 5.21. The van der Waals surface area contributed by atoms with E-state index in [4.69, 9.17) is 11.6 Å². The molecule has 0 atom stereocenters. The van der Waals surface area contributed by atoms with Gasteiger partial charge in [-0.2, -0.15) is 0 Å². The van der Waals surface area contributed by atoms with Crippen LogP contribution in [0.3, 0.4) is 0 Å². The Morgan fingerprint density at radius 3 is 2.75 bits per heavy atom. The van der Waals surface area contributed by atoms with Crippen molar-refractivity contribution in [1.82, 2.24) is 15.0 Å². The van der Waals surface area contributed by atoms with E-state index in [0.717, 1.165) is 22.0 Å². The summed E-state index contributed by atoms with van der Waals surface area (Å²) in [6, 6.07) is 3.76. The Bertz CT molecular complexity index is 652. The van der Waals surface area contributed by atoms with Crippen LogP contribution in [0.15, 0.2) is 29.5 Å². The summed E-state index contributed by atoms with van der Waals surface area (Å²) >= 11 is 5.88. The van der Waals surface area contributed by atoms with Crippen molar-refractivity contribution in [3.63, 3.8) is 0 Å². The molecule has 0 bridgehead atoms. The summed E-state index contributed by atoms with van der Waals surface area (Å²) in [6.07, 6.45) is 5.38. The quantitative estimate of drug-likeness (QED) is 0.675. The van der Waals surface area contributed by atoms with Gasteiger partial charge >= 0.3 is 0 Å². The summed E-state index contributed by atoms with van der Waals surface area (Å²) in [5.74, 6) is 0. The van der Waals surface area contributed by atoms with Gasteiger partial charge in [-0.1, -0.05) is 0 Å². The highest BCUT2D eigenvalue weighted by Crippen LogP contribution is 2.11. The van der Waals surface area contributed by atoms with Crippen molar-refractivity contribution in [3.05, 3.63) is 40.5 Å². The number of pyridine rings is 1. The third-order valence-electron chi connectivity index (χ3n) is 2.37. The van der Waals surface area contributed by atoms with Crippen LogP contribution in [0.25, 0.3) is 17.3 Å². The molecule has 0 N–H and O–H groups in total. The normalized spacial score (nSPS) is 12.8. The number of hydrogen-bond donors (Lipinski definition) is 0. The number of halogens is 1. The summed E-state index contributed by atoms with van der Waals surface area (Å²) < 4.78 is 0. The van der Waals surface area contributed by atoms with Gasteiger partial charge in [-0.25, -0.2) is 9.97 Å². The molecule has 5 heteroatoms. The van der Waals surface area contributed by atoms with Gasteiger partial charge in [0.2, 0.25) is 5.28 Å². The molecule has 1 aliphatic heterocycles. The van der Waals surface area contributed by atoms with Crippen LogP contribution in [0.1, 0.15) is 0 Å². The molecule has 2 aromatic rings. The molecule has 0 radical (unpaired) electrons. The number of rotatable bonds is 1. The van der Waals surface area contributed by atoms with Crippen molar-refractivity contribution in [2.24, 2.45) is 4.99 Å². The Morgan fingerprint density at radius 2 is 1.94 bits per heavy atom. The molecule has 4 nitrogen and oxygen atoms in total. The van der Waals surface area contributed by atoms with Crippen molar-refractivity contribution >= 4 is 17.7 Å².